The average molecular weight is 1150 g/mol. The van der Waals surface area contributed by atoms with Gasteiger partial charge in [-0.15, -0.1) is 5.54 Å². The summed E-state index contributed by atoms with van der Waals surface area (Å²) >= 11 is 0. The van der Waals surface area contributed by atoms with Crippen LogP contribution in [0.5, 0.6) is 23.0 Å². The lowest BCUT2D eigenvalue weighted by Crippen LogP contribution is -2.55. The van der Waals surface area contributed by atoms with E-state index in [1.54, 1.807) is 75.6 Å². The lowest BCUT2D eigenvalue weighted by Gasteiger charge is -2.40. The minimum absolute atomic E-state index is 0.0191. The number of carbonyl (C=O) groups excluding carboxylic acids is 4. The van der Waals surface area contributed by atoms with Gasteiger partial charge in [-0.1, -0.05) is 78.3 Å². The molecule has 0 saturated carbocycles. The Bertz CT molecular complexity index is 2840. The summed E-state index contributed by atoms with van der Waals surface area (Å²) in [6.45, 7) is 38.2. The summed E-state index contributed by atoms with van der Waals surface area (Å²) in [5.74, 6) is 3.92. The van der Waals surface area contributed by atoms with Gasteiger partial charge in [-0.3, -0.25) is 9.59 Å². The zero-order valence-electron chi connectivity index (χ0n) is 51.0. The van der Waals surface area contributed by atoms with Crippen LogP contribution in [0.2, 0.25) is 42.8 Å². The van der Waals surface area contributed by atoms with Gasteiger partial charge >= 0.3 is 12.2 Å². The monoisotopic (exact) mass is 1150 g/mol. The first-order valence-electron chi connectivity index (χ1n) is 27.4. The van der Waals surface area contributed by atoms with Gasteiger partial charge < -0.3 is 47.1 Å². The van der Waals surface area contributed by atoms with E-state index in [0.717, 1.165) is 27.8 Å². The second-order valence-electron chi connectivity index (χ2n) is 26.4. The molecule has 2 radical (unpaired) electrons. The van der Waals surface area contributed by atoms with Crippen molar-refractivity contribution < 1.29 is 56.5 Å². The third-order valence-electron chi connectivity index (χ3n) is 14.0. The minimum atomic E-state index is -1.86. The predicted molar refractivity (Wildman–Crippen MR) is 318 cm³/mol. The van der Waals surface area contributed by atoms with Crippen LogP contribution >= 0.6 is 0 Å². The molecule has 0 saturated heterocycles. The van der Waals surface area contributed by atoms with E-state index < -0.39 is 74.1 Å². The Morgan fingerprint density at radius 3 is 1.29 bits per heavy atom. The second kappa shape index (κ2) is 23.1. The first-order chi connectivity index (χ1) is 37.0. The molecule has 0 N–H and O–H groups in total. The topological polar surface area (TPSA) is 155 Å². The van der Waals surface area contributed by atoms with E-state index in [2.05, 4.69) is 85.7 Å². The Morgan fingerprint density at radius 1 is 0.588 bits per heavy atom. The molecular weight excluding hydrogens is 1060 g/mol. The summed E-state index contributed by atoms with van der Waals surface area (Å²) in [7, 11) is -2.02. The molecule has 16 nitrogen and oxygen atoms in total. The first-order valence-corrected chi connectivity index (χ1v) is 34.7. The van der Waals surface area contributed by atoms with Crippen molar-refractivity contribution in [2.45, 2.75) is 202 Å². The normalized spacial score (nSPS) is 19.5. The number of rotatable bonds is 12. The van der Waals surface area contributed by atoms with Crippen LogP contribution in [0.4, 0.5) is 21.0 Å². The van der Waals surface area contributed by atoms with Crippen molar-refractivity contribution >= 4 is 61.5 Å². The SMILES string of the molecule is COc1cc2c(cc1OCc1cc(C#C[Si](C)(C)C)cc(COc3cc4c(cc3OC)C(=O)N3C=C(C)C[C@H]3[C@H](O[Si](C)C(C)(C)C)N4C(=O)OC(C)(C)C)c1)N(C(=O)OC(C)(C)C)[C@@H](O[Si](C)C(C)(C)C)[C@@H]1CC(C)=CN1C2=O. The van der Waals surface area contributed by atoms with Crippen molar-refractivity contribution in [3.05, 3.63) is 93.8 Å². The van der Waals surface area contributed by atoms with Gasteiger partial charge in [0.05, 0.1) is 48.8 Å². The van der Waals surface area contributed by atoms with E-state index in [0.29, 0.717) is 12.8 Å². The number of ether oxygens (including phenoxy) is 6. The van der Waals surface area contributed by atoms with E-state index in [4.69, 9.17) is 37.3 Å². The van der Waals surface area contributed by atoms with Crippen LogP contribution in [0.25, 0.3) is 0 Å². The summed E-state index contributed by atoms with van der Waals surface area (Å²) in [6.07, 6.45) is 1.58. The number of hydrogen-bond donors (Lipinski definition) is 0. The summed E-state index contributed by atoms with van der Waals surface area (Å²) in [5, 5.41) is -0.424. The van der Waals surface area contributed by atoms with Gasteiger partial charge in [-0.25, -0.2) is 19.4 Å². The number of anilines is 2. The molecule has 3 aromatic carbocycles. The van der Waals surface area contributed by atoms with E-state index in [1.807, 2.05) is 44.4 Å². The van der Waals surface area contributed by atoms with E-state index in [-0.39, 0.29) is 80.6 Å². The van der Waals surface area contributed by atoms with Gasteiger partial charge in [0, 0.05) is 30.1 Å². The lowest BCUT2D eigenvalue weighted by atomic mass is 10.1. The standard InChI is InChI=1S/C61H84N4O12Si3/c1-37-24-46-54(76-78(17)60(9,10)11)64(56(68)74-58(3,4)5)44-31-50(48(70-15)29-42(44)52(66)62(46)33-37)72-35-40-26-39(22-23-80(19,20)21)27-41(28-40)36-73-51-32-45-43(30-49(51)71-16)53(67)63-34-38(2)25-47(63)55(77-79(18)61(12,13)14)65(45)57(69)75-59(6,7)8/h26-34,46-47,54-55H,24-25,35-36H2,1-21H3/t46-,47-,54-,55-/m0/s1. The summed E-state index contributed by atoms with van der Waals surface area (Å²) in [4.78, 5) is 65.2. The van der Waals surface area contributed by atoms with E-state index in [9.17, 15) is 19.2 Å². The molecule has 0 spiro atoms. The molecule has 3 aromatic rings. The number of hydrogen-bond acceptors (Lipinski definition) is 12. The third-order valence-corrected chi connectivity index (χ3v) is 20.3. The molecule has 0 unspecified atom stereocenters. The van der Waals surface area contributed by atoms with Crippen molar-refractivity contribution in [1.82, 2.24) is 9.80 Å². The highest BCUT2D eigenvalue weighted by molar-refractivity contribution is 6.83. The van der Waals surface area contributed by atoms with Crippen molar-refractivity contribution in [2.24, 2.45) is 0 Å². The van der Waals surface area contributed by atoms with Crippen LogP contribution in [-0.2, 0) is 31.5 Å². The van der Waals surface area contributed by atoms with Crippen molar-refractivity contribution in [1.29, 1.82) is 0 Å². The molecule has 4 heterocycles. The zero-order valence-corrected chi connectivity index (χ0v) is 54.0. The molecule has 0 fully saturated rings. The number of fused-ring (bicyclic) bond motifs is 4. The average Bonchev–Trinajstić information content (AvgIpc) is 3.98. The highest BCUT2D eigenvalue weighted by Gasteiger charge is 2.50. The van der Waals surface area contributed by atoms with Crippen LogP contribution in [0.3, 0.4) is 0 Å². The van der Waals surface area contributed by atoms with Gasteiger partial charge in [0.15, 0.2) is 35.5 Å². The number of benzene rings is 3. The van der Waals surface area contributed by atoms with Gasteiger partial charge in [0.2, 0.25) is 18.1 Å². The molecule has 0 aromatic heterocycles. The molecule has 4 amide bonds. The predicted octanol–water partition coefficient (Wildman–Crippen LogP) is 13.4. The van der Waals surface area contributed by atoms with Gasteiger partial charge in [0.25, 0.3) is 11.8 Å². The van der Waals surface area contributed by atoms with Gasteiger partial charge in [-0.05, 0) is 133 Å². The molecular formula is C61H84N4O12Si3. The van der Waals surface area contributed by atoms with Crippen molar-refractivity contribution in [3.8, 4) is 34.5 Å². The summed E-state index contributed by atoms with van der Waals surface area (Å²) < 4.78 is 51.5. The Labute approximate surface area is 479 Å². The van der Waals surface area contributed by atoms with Crippen LogP contribution < -0.4 is 28.7 Å². The minimum Gasteiger partial charge on any atom is -0.493 e. The fourth-order valence-electron chi connectivity index (χ4n) is 9.39. The van der Waals surface area contributed by atoms with Crippen molar-refractivity contribution in [2.75, 3.05) is 24.0 Å². The Balaban J connectivity index is 1.29. The molecule has 432 valence electrons. The molecule has 4 aliphatic rings. The number of methoxy groups -OCH3 is 2. The maximum absolute atomic E-state index is 14.7. The number of carbonyl (C=O) groups is 4. The highest BCUT2D eigenvalue weighted by Crippen LogP contribution is 2.47. The Morgan fingerprint density at radius 2 is 0.963 bits per heavy atom. The second-order valence-corrected chi connectivity index (χ2v) is 36.9. The van der Waals surface area contributed by atoms with E-state index in [1.165, 1.54) is 24.0 Å². The highest BCUT2D eigenvalue weighted by atomic mass is 28.3. The van der Waals surface area contributed by atoms with Crippen molar-refractivity contribution in [3.63, 3.8) is 0 Å². The van der Waals surface area contributed by atoms with Gasteiger partial charge in [-0.2, -0.15) is 0 Å². The quantitative estimate of drug-likeness (QED) is 0.125. The van der Waals surface area contributed by atoms with Gasteiger partial charge in [0.1, 0.15) is 32.5 Å². The molecule has 19 heteroatoms. The fourth-order valence-corrected chi connectivity index (χ4v) is 11.9. The zero-order chi connectivity index (χ0) is 59.4. The first kappa shape index (κ1) is 61.6. The Kier molecular flexibility index (Phi) is 17.8. The summed E-state index contributed by atoms with van der Waals surface area (Å²) in [5.41, 5.74) is 6.93. The molecule has 0 bridgehead atoms. The molecule has 7 rings (SSSR count). The fraction of sp³-hybridized carbons (Fsp3) is 0.541. The molecule has 4 atom stereocenters. The summed E-state index contributed by atoms with van der Waals surface area (Å²) in [6, 6.07) is 11.4. The number of nitrogens with zero attached hydrogens (tertiary/aromatic N) is 4. The van der Waals surface area contributed by atoms with Crippen LogP contribution in [0.1, 0.15) is 147 Å². The largest absolute Gasteiger partial charge is 0.493 e. The lowest BCUT2D eigenvalue weighted by molar-refractivity contribution is 0.0374. The third kappa shape index (κ3) is 14.2. The molecule has 4 aliphatic heterocycles. The maximum Gasteiger partial charge on any atom is 0.417 e. The van der Waals surface area contributed by atoms with E-state index >= 15 is 0 Å². The molecule has 80 heavy (non-hydrogen) atoms. The molecule has 0 aliphatic carbocycles. The smallest absolute Gasteiger partial charge is 0.417 e. The number of amides is 4. The maximum atomic E-state index is 14.7. The van der Waals surface area contributed by atoms with Crippen LogP contribution in [-0.4, -0.2) is 110 Å². The van der Waals surface area contributed by atoms with Crippen LogP contribution in [0.15, 0.2) is 66.0 Å². The Hall–Kier alpha value is -6.05. The van der Waals surface area contributed by atoms with Crippen LogP contribution in [0, 0.1) is 11.5 Å².